The van der Waals surface area contributed by atoms with Gasteiger partial charge in [-0.15, -0.1) is 0 Å². The second-order valence-electron chi connectivity index (χ2n) is 7.44. The molecule has 0 bridgehead atoms. The van der Waals surface area contributed by atoms with Gasteiger partial charge < -0.3 is 9.80 Å². The van der Waals surface area contributed by atoms with Crippen LogP contribution < -0.4 is 0 Å². The topological polar surface area (TPSA) is 87.7 Å². The molecule has 0 spiro atoms. The van der Waals surface area contributed by atoms with E-state index in [-0.39, 0.29) is 35.8 Å². The number of carbonyl (C=O) groups excluding carboxylic acids is 2. The van der Waals surface area contributed by atoms with Crippen LogP contribution in [0.5, 0.6) is 0 Å². The van der Waals surface area contributed by atoms with Crippen molar-refractivity contribution in [2.75, 3.05) is 24.6 Å². The van der Waals surface area contributed by atoms with Gasteiger partial charge in [0.15, 0.2) is 9.84 Å². The summed E-state index contributed by atoms with van der Waals surface area (Å²) in [6.45, 7) is 3.37. The molecule has 2 unspecified atom stereocenters. The number of nitrogens with zero attached hydrogens (tertiary/aromatic N) is 3. The quantitative estimate of drug-likeness (QED) is 0.696. The molecule has 0 radical (unpaired) electrons. The van der Waals surface area contributed by atoms with E-state index in [1.807, 2.05) is 25.1 Å². The lowest BCUT2D eigenvalue weighted by Crippen LogP contribution is -2.45. The van der Waals surface area contributed by atoms with Gasteiger partial charge in [-0.3, -0.25) is 14.6 Å². The number of unbranched alkanes of at least 4 members (excludes halogenated alkanes) is 1. The molecule has 0 N–H and O–H groups in total. The highest BCUT2D eigenvalue weighted by Gasteiger charge is 2.41. The van der Waals surface area contributed by atoms with Crippen LogP contribution in [0, 0.1) is 5.92 Å². The van der Waals surface area contributed by atoms with Gasteiger partial charge in [-0.1, -0.05) is 19.4 Å². The fraction of sp³-hybridized carbons (Fsp3) is 0.632. The molecule has 0 aromatic carbocycles. The SMILES string of the molecule is CCCCN(C(=O)C1CC(=O)N(Cc2ccccn2)C1)C1CCS(=O)(=O)C1. The summed E-state index contributed by atoms with van der Waals surface area (Å²) in [5.74, 6) is -0.346. The average molecular weight is 394 g/mol. The van der Waals surface area contributed by atoms with Gasteiger partial charge in [0.25, 0.3) is 0 Å². The van der Waals surface area contributed by atoms with E-state index in [1.54, 1.807) is 16.0 Å². The van der Waals surface area contributed by atoms with Crippen molar-refractivity contribution in [3.8, 4) is 0 Å². The zero-order valence-corrected chi connectivity index (χ0v) is 16.5. The molecule has 2 atom stereocenters. The fourth-order valence-corrected chi connectivity index (χ4v) is 5.57. The first-order chi connectivity index (χ1) is 12.9. The van der Waals surface area contributed by atoms with E-state index in [2.05, 4.69) is 4.98 Å². The van der Waals surface area contributed by atoms with Crippen LogP contribution in [0.2, 0.25) is 0 Å². The Morgan fingerprint density at radius 1 is 1.37 bits per heavy atom. The van der Waals surface area contributed by atoms with Crippen molar-refractivity contribution in [2.45, 2.75) is 45.2 Å². The van der Waals surface area contributed by atoms with Crippen molar-refractivity contribution in [2.24, 2.45) is 5.92 Å². The second kappa shape index (κ2) is 8.37. The summed E-state index contributed by atoms with van der Waals surface area (Å²) < 4.78 is 23.7. The third-order valence-electron chi connectivity index (χ3n) is 5.33. The summed E-state index contributed by atoms with van der Waals surface area (Å²) >= 11 is 0. The van der Waals surface area contributed by atoms with E-state index in [4.69, 9.17) is 0 Å². The molecule has 27 heavy (non-hydrogen) atoms. The van der Waals surface area contributed by atoms with Crippen LogP contribution in [0.4, 0.5) is 0 Å². The summed E-state index contributed by atoms with van der Waals surface area (Å²) in [5.41, 5.74) is 0.795. The molecule has 2 saturated heterocycles. The van der Waals surface area contributed by atoms with Gasteiger partial charge in [0, 0.05) is 31.7 Å². The molecule has 7 nitrogen and oxygen atoms in total. The summed E-state index contributed by atoms with van der Waals surface area (Å²) in [6.07, 6.45) is 4.13. The van der Waals surface area contributed by atoms with Crippen LogP contribution in [0.3, 0.4) is 0 Å². The van der Waals surface area contributed by atoms with Gasteiger partial charge in [0.05, 0.1) is 29.7 Å². The number of likely N-dealkylation sites (tertiary alicyclic amines) is 1. The van der Waals surface area contributed by atoms with Crippen molar-refractivity contribution in [1.82, 2.24) is 14.8 Å². The number of carbonyl (C=O) groups is 2. The fourth-order valence-electron chi connectivity index (χ4n) is 3.83. The van der Waals surface area contributed by atoms with Crippen LogP contribution in [0.25, 0.3) is 0 Å². The highest BCUT2D eigenvalue weighted by atomic mass is 32.2. The van der Waals surface area contributed by atoms with Gasteiger partial charge in [-0.2, -0.15) is 0 Å². The summed E-state index contributed by atoms with van der Waals surface area (Å²) in [7, 11) is -3.06. The summed E-state index contributed by atoms with van der Waals surface area (Å²) in [6, 6.07) is 5.30. The van der Waals surface area contributed by atoms with Crippen LogP contribution in [0.1, 0.15) is 38.3 Å². The molecule has 1 aromatic rings. The van der Waals surface area contributed by atoms with Crippen molar-refractivity contribution in [1.29, 1.82) is 0 Å². The highest BCUT2D eigenvalue weighted by molar-refractivity contribution is 7.91. The molecule has 3 rings (SSSR count). The predicted molar refractivity (Wildman–Crippen MR) is 101 cm³/mol. The van der Waals surface area contributed by atoms with Crippen LogP contribution in [-0.2, 0) is 26.0 Å². The average Bonchev–Trinajstić information content (AvgIpc) is 3.18. The molecular formula is C19H27N3O4S. The van der Waals surface area contributed by atoms with E-state index in [0.29, 0.717) is 26.1 Å². The van der Waals surface area contributed by atoms with Gasteiger partial charge in [0.1, 0.15) is 0 Å². The molecular weight excluding hydrogens is 366 g/mol. The standard InChI is InChI=1S/C19H27N3O4S/c1-2-3-9-22(17-7-10-27(25,26)14-17)19(24)15-11-18(23)21(12-15)13-16-6-4-5-8-20-16/h4-6,8,15,17H,2-3,7,9-14H2,1H3. The minimum Gasteiger partial charge on any atom is -0.338 e. The Kier molecular flexibility index (Phi) is 6.14. The Balaban J connectivity index is 1.67. The first-order valence-corrected chi connectivity index (χ1v) is 11.4. The maximum absolute atomic E-state index is 13.1. The van der Waals surface area contributed by atoms with Crippen molar-refractivity contribution < 1.29 is 18.0 Å². The lowest BCUT2D eigenvalue weighted by Gasteiger charge is -2.30. The maximum atomic E-state index is 13.1. The first kappa shape index (κ1) is 19.8. The predicted octanol–water partition coefficient (Wildman–Crippen LogP) is 1.25. The Morgan fingerprint density at radius 2 is 2.19 bits per heavy atom. The number of sulfone groups is 1. The monoisotopic (exact) mass is 393 g/mol. The Labute approximate surface area is 160 Å². The van der Waals surface area contributed by atoms with E-state index >= 15 is 0 Å². The van der Waals surface area contributed by atoms with Crippen molar-refractivity contribution in [3.63, 3.8) is 0 Å². The number of pyridine rings is 1. The molecule has 0 saturated carbocycles. The minimum atomic E-state index is -3.06. The molecule has 0 aliphatic carbocycles. The van der Waals surface area contributed by atoms with E-state index in [1.165, 1.54) is 0 Å². The molecule has 148 valence electrons. The normalized spacial score (nSPS) is 24.3. The summed E-state index contributed by atoms with van der Waals surface area (Å²) in [4.78, 5) is 33.2. The molecule has 2 aliphatic heterocycles. The van der Waals surface area contributed by atoms with E-state index in [0.717, 1.165) is 18.5 Å². The van der Waals surface area contributed by atoms with Crippen LogP contribution >= 0.6 is 0 Å². The van der Waals surface area contributed by atoms with Gasteiger partial charge in [-0.25, -0.2) is 8.42 Å². The zero-order chi connectivity index (χ0) is 19.4. The summed E-state index contributed by atoms with van der Waals surface area (Å²) in [5, 5.41) is 0. The molecule has 8 heteroatoms. The zero-order valence-electron chi connectivity index (χ0n) is 15.7. The third kappa shape index (κ3) is 4.86. The van der Waals surface area contributed by atoms with Crippen molar-refractivity contribution in [3.05, 3.63) is 30.1 Å². The van der Waals surface area contributed by atoms with Crippen molar-refractivity contribution >= 4 is 21.7 Å². The number of hydrogen-bond acceptors (Lipinski definition) is 5. The number of rotatable bonds is 7. The molecule has 2 aliphatic rings. The van der Waals surface area contributed by atoms with Gasteiger partial charge in [-0.05, 0) is 25.0 Å². The smallest absolute Gasteiger partial charge is 0.228 e. The maximum Gasteiger partial charge on any atom is 0.228 e. The highest BCUT2D eigenvalue weighted by Crippen LogP contribution is 2.26. The Hall–Kier alpha value is -1.96. The number of hydrogen-bond donors (Lipinski definition) is 0. The van der Waals surface area contributed by atoms with Gasteiger partial charge >= 0.3 is 0 Å². The van der Waals surface area contributed by atoms with Gasteiger partial charge in [0.2, 0.25) is 11.8 Å². The molecule has 2 amide bonds. The molecule has 1 aromatic heterocycles. The first-order valence-electron chi connectivity index (χ1n) is 9.58. The van der Waals surface area contributed by atoms with E-state index in [9.17, 15) is 18.0 Å². The largest absolute Gasteiger partial charge is 0.338 e. The number of aromatic nitrogens is 1. The Morgan fingerprint density at radius 3 is 2.81 bits per heavy atom. The second-order valence-corrected chi connectivity index (χ2v) is 9.67. The molecule has 2 fully saturated rings. The lowest BCUT2D eigenvalue weighted by atomic mass is 10.0. The van der Waals surface area contributed by atoms with E-state index < -0.39 is 15.8 Å². The third-order valence-corrected chi connectivity index (χ3v) is 7.08. The Bertz CT molecular complexity index is 781. The lowest BCUT2D eigenvalue weighted by molar-refractivity contribution is -0.137. The minimum absolute atomic E-state index is 0.0424. The van der Waals surface area contributed by atoms with Crippen LogP contribution in [0.15, 0.2) is 24.4 Å². The van der Waals surface area contributed by atoms with Crippen LogP contribution in [-0.4, -0.2) is 65.7 Å². The molecule has 3 heterocycles. The number of amides is 2.